The Morgan fingerprint density at radius 1 is 0.500 bits per heavy atom. The Bertz CT molecular complexity index is 1520. The van der Waals surface area contributed by atoms with E-state index in [0.717, 1.165) is 23.2 Å². The molecule has 2 nitrogen and oxygen atoms in total. The van der Waals surface area contributed by atoms with Gasteiger partial charge in [-0.15, -0.1) is 0 Å². The summed E-state index contributed by atoms with van der Waals surface area (Å²) in [6, 6.07) is 39.3. The van der Waals surface area contributed by atoms with E-state index in [1.165, 1.54) is 33.4 Å². The van der Waals surface area contributed by atoms with Crippen LogP contribution in [0.4, 0.5) is 0 Å². The van der Waals surface area contributed by atoms with E-state index in [1.54, 1.807) is 0 Å². The van der Waals surface area contributed by atoms with Crippen LogP contribution in [0.1, 0.15) is 52.7 Å². The van der Waals surface area contributed by atoms with E-state index in [2.05, 4.69) is 139 Å². The first-order valence-corrected chi connectivity index (χ1v) is 17.8. The highest BCUT2D eigenvalue weighted by atomic mass is 31.1. The number of benzene rings is 3. The van der Waals surface area contributed by atoms with Crippen LogP contribution in [0.5, 0.6) is 0 Å². The monoisotopic (exact) mass is 588 g/mol. The smallest absolute Gasteiger partial charge is 0.0695 e. The summed E-state index contributed by atoms with van der Waals surface area (Å²) in [5.74, 6) is 0. The van der Waals surface area contributed by atoms with Crippen LogP contribution in [0.15, 0.2) is 122 Å². The molecule has 0 aliphatic carbocycles. The molecule has 214 valence electrons. The van der Waals surface area contributed by atoms with Crippen molar-refractivity contribution in [2.24, 2.45) is 0 Å². The standard InChI is InChI=1S/C38H42N2P2/c1-37(2,3)42(38(4,5)6)28-32-26-34(30-19-11-8-12-20-30)33(29-17-9-7-10-18-29)25-31(32)27-41(35-21-13-15-23-39-35)36-22-14-16-24-40-36/h7-26H,27-28H2,1-6H3. The minimum absolute atomic E-state index is 0.225. The summed E-state index contributed by atoms with van der Waals surface area (Å²) in [4.78, 5) is 9.72. The average molecular weight is 589 g/mol. The summed E-state index contributed by atoms with van der Waals surface area (Å²) in [5.41, 5.74) is 10.2. The first kappa shape index (κ1) is 30.3. The minimum Gasteiger partial charge on any atom is -0.256 e. The van der Waals surface area contributed by atoms with Crippen molar-refractivity contribution in [3.63, 3.8) is 0 Å². The summed E-state index contributed by atoms with van der Waals surface area (Å²) in [6.45, 7) is 14.6. The Morgan fingerprint density at radius 2 is 0.905 bits per heavy atom. The van der Waals surface area contributed by atoms with Crippen LogP contribution in [0.2, 0.25) is 0 Å². The van der Waals surface area contributed by atoms with E-state index in [0.29, 0.717) is 0 Å². The van der Waals surface area contributed by atoms with Gasteiger partial charge in [-0.3, -0.25) is 9.97 Å². The van der Waals surface area contributed by atoms with Crippen LogP contribution in [0.3, 0.4) is 0 Å². The van der Waals surface area contributed by atoms with E-state index in [-0.39, 0.29) is 18.2 Å². The molecule has 0 bridgehead atoms. The van der Waals surface area contributed by atoms with E-state index in [1.807, 2.05) is 24.5 Å². The maximum atomic E-state index is 4.86. The van der Waals surface area contributed by atoms with Crippen molar-refractivity contribution >= 4 is 26.7 Å². The number of aromatic nitrogens is 2. The number of rotatable bonds is 8. The molecule has 5 aromatic rings. The molecule has 4 heteroatoms. The van der Waals surface area contributed by atoms with Gasteiger partial charge in [-0.25, -0.2) is 0 Å². The number of hydrogen-bond acceptors (Lipinski definition) is 2. The van der Waals surface area contributed by atoms with E-state index < -0.39 is 7.92 Å². The quantitative estimate of drug-likeness (QED) is 0.169. The number of hydrogen-bond donors (Lipinski definition) is 0. The lowest BCUT2D eigenvalue weighted by Crippen LogP contribution is -2.26. The molecule has 0 unspecified atom stereocenters. The molecule has 0 saturated carbocycles. The zero-order valence-corrected chi connectivity index (χ0v) is 27.5. The first-order valence-electron chi connectivity index (χ1n) is 14.8. The second kappa shape index (κ2) is 13.0. The first-order chi connectivity index (χ1) is 20.1. The van der Waals surface area contributed by atoms with Crippen LogP contribution < -0.4 is 10.9 Å². The average Bonchev–Trinajstić information content (AvgIpc) is 2.99. The predicted octanol–water partition coefficient (Wildman–Crippen LogP) is 10.0. The molecule has 3 aromatic carbocycles. The third-order valence-electron chi connectivity index (χ3n) is 7.64. The minimum atomic E-state index is -0.785. The van der Waals surface area contributed by atoms with Gasteiger partial charge in [0.15, 0.2) is 0 Å². The topological polar surface area (TPSA) is 25.8 Å². The molecule has 0 atom stereocenters. The molecule has 0 amide bonds. The summed E-state index contributed by atoms with van der Waals surface area (Å²) >= 11 is 0. The zero-order chi connectivity index (χ0) is 29.7. The third kappa shape index (κ3) is 7.23. The molecule has 0 radical (unpaired) electrons. The normalized spacial score (nSPS) is 12.2. The van der Waals surface area contributed by atoms with Gasteiger partial charge in [-0.2, -0.15) is 0 Å². The van der Waals surface area contributed by atoms with Crippen molar-refractivity contribution in [3.8, 4) is 22.3 Å². The van der Waals surface area contributed by atoms with Crippen molar-refractivity contribution in [1.82, 2.24) is 9.97 Å². The molecule has 42 heavy (non-hydrogen) atoms. The molecule has 0 aliphatic heterocycles. The van der Waals surface area contributed by atoms with E-state index in [4.69, 9.17) is 9.97 Å². The molecule has 0 spiro atoms. The van der Waals surface area contributed by atoms with Crippen molar-refractivity contribution < 1.29 is 0 Å². The lowest BCUT2D eigenvalue weighted by Gasteiger charge is -2.42. The fraction of sp³-hybridized carbons (Fsp3) is 0.263. The maximum Gasteiger partial charge on any atom is 0.0695 e. The molecule has 2 aromatic heterocycles. The van der Waals surface area contributed by atoms with Gasteiger partial charge < -0.3 is 0 Å². The number of nitrogens with zero attached hydrogens (tertiary/aromatic N) is 2. The van der Waals surface area contributed by atoms with Crippen molar-refractivity contribution in [3.05, 3.63) is 133 Å². The number of pyridine rings is 2. The highest BCUT2D eigenvalue weighted by Gasteiger charge is 2.35. The van der Waals surface area contributed by atoms with Gasteiger partial charge >= 0.3 is 0 Å². The fourth-order valence-corrected chi connectivity index (χ4v) is 11.6. The molecular weight excluding hydrogens is 546 g/mol. The SMILES string of the molecule is CC(C)(C)P(Cc1cc(-c2ccccc2)c(-c2ccccc2)cc1CP(c1ccccn1)c1ccccn1)C(C)(C)C. The Balaban J connectivity index is 1.74. The predicted molar refractivity (Wildman–Crippen MR) is 186 cm³/mol. The van der Waals surface area contributed by atoms with Crippen molar-refractivity contribution in [2.75, 3.05) is 0 Å². The Labute approximate surface area is 255 Å². The molecule has 0 N–H and O–H groups in total. The molecule has 2 heterocycles. The Kier molecular flexibility index (Phi) is 9.37. The fourth-order valence-electron chi connectivity index (χ4n) is 5.82. The molecule has 0 saturated heterocycles. The molecule has 0 fully saturated rings. The van der Waals surface area contributed by atoms with E-state index >= 15 is 0 Å². The maximum absolute atomic E-state index is 4.86. The van der Waals surface area contributed by atoms with Gasteiger partial charge in [0.2, 0.25) is 0 Å². The highest BCUT2D eigenvalue weighted by molar-refractivity contribution is 7.71. The van der Waals surface area contributed by atoms with Gasteiger partial charge in [-0.05, 0) is 86.3 Å². The van der Waals surface area contributed by atoms with Crippen molar-refractivity contribution in [2.45, 2.75) is 64.2 Å². The highest BCUT2D eigenvalue weighted by Crippen LogP contribution is 2.62. The van der Waals surface area contributed by atoms with Gasteiger partial charge in [0, 0.05) is 26.5 Å². The van der Waals surface area contributed by atoms with Crippen LogP contribution in [-0.4, -0.2) is 20.3 Å². The summed E-state index contributed by atoms with van der Waals surface area (Å²) < 4.78 is 0. The second-order valence-electron chi connectivity index (χ2n) is 12.8. The molecule has 5 rings (SSSR count). The van der Waals surface area contributed by atoms with Gasteiger partial charge in [0.1, 0.15) is 0 Å². The van der Waals surface area contributed by atoms with Crippen LogP contribution in [0, 0.1) is 0 Å². The van der Waals surface area contributed by atoms with Crippen LogP contribution in [0.25, 0.3) is 22.3 Å². The lowest BCUT2D eigenvalue weighted by molar-refractivity contribution is 0.702. The van der Waals surface area contributed by atoms with Crippen LogP contribution in [-0.2, 0) is 12.3 Å². The van der Waals surface area contributed by atoms with Crippen LogP contribution >= 0.6 is 15.8 Å². The molecule has 0 aliphatic rings. The zero-order valence-electron chi connectivity index (χ0n) is 25.8. The van der Waals surface area contributed by atoms with Gasteiger partial charge in [-0.1, -0.05) is 122 Å². The van der Waals surface area contributed by atoms with Gasteiger partial charge in [0.05, 0.1) is 10.9 Å². The largest absolute Gasteiger partial charge is 0.256 e. The summed E-state index contributed by atoms with van der Waals surface area (Å²) in [7, 11) is -1.12. The third-order valence-corrected chi connectivity index (χ3v) is 13.8. The Morgan fingerprint density at radius 3 is 1.29 bits per heavy atom. The van der Waals surface area contributed by atoms with Gasteiger partial charge in [0.25, 0.3) is 0 Å². The van der Waals surface area contributed by atoms with Crippen molar-refractivity contribution in [1.29, 1.82) is 0 Å². The second-order valence-corrected chi connectivity index (χ2v) is 18.7. The summed E-state index contributed by atoms with van der Waals surface area (Å²) in [6.07, 6.45) is 5.83. The Hall–Kier alpha value is -3.18. The lowest BCUT2D eigenvalue weighted by atomic mass is 9.91. The summed E-state index contributed by atoms with van der Waals surface area (Å²) in [5, 5.41) is 0.450. The molecular formula is C38H42N2P2. The van der Waals surface area contributed by atoms with E-state index in [9.17, 15) is 0 Å².